The zero-order valence-corrected chi connectivity index (χ0v) is 14.4. The second kappa shape index (κ2) is 7.36. The summed E-state index contributed by atoms with van der Waals surface area (Å²) >= 11 is 0. The molecule has 1 aliphatic heterocycles. The summed E-state index contributed by atoms with van der Waals surface area (Å²) in [6.45, 7) is 1.25. The van der Waals surface area contributed by atoms with Crippen molar-refractivity contribution in [2.75, 3.05) is 16.8 Å². The van der Waals surface area contributed by atoms with E-state index in [2.05, 4.69) is 10.6 Å². The molecule has 0 saturated carbocycles. The number of nitrogens with one attached hydrogen (secondary N) is 2. The number of imide groups is 1. The van der Waals surface area contributed by atoms with Crippen molar-refractivity contribution in [3.8, 4) is 0 Å². The first-order chi connectivity index (χ1) is 12.9. The van der Waals surface area contributed by atoms with Crippen molar-refractivity contribution in [3.05, 3.63) is 59.9 Å². The summed E-state index contributed by atoms with van der Waals surface area (Å²) in [5.74, 6) is -3.16. The van der Waals surface area contributed by atoms with Crippen molar-refractivity contribution in [2.45, 2.75) is 6.92 Å². The number of nitrogens with zero attached hydrogens (tertiary/aromatic N) is 1. The third kappa shape index (κ3) is 3.84. The summed E-state index contributed by atoms with van der Waals surface area (Å²) in [5, 5.41) is 5.06. The maximum atomic E-state index is 13.1. The first kappa shape index (κ1) is 18.2. The van der Waals surface area contributed by atoms with Crippen LogP contribution in [0.4, 0.5) is 20.6 Å². The van der Waals surface area contributed by atoms with Crippen LogP contribution in [-0.4, -0.2) is 30.2 Å². The van der Waals surface area contributed by atoms with Crippen LogP contribution in [0.5, 0.6) is 0 Å². The molecule has 7 nitrogen and oxygen atoms in total. The SMILES string of the molecule is CC(=O)c1cccc(NC(=O)C2CNC(=O)N(c3ccc(F)cc3)C2=O)c1. The van der Waals surface area contributed by atoms with Crippen molar-refractivity contribution in [1.82, 2.24) is 5.32 Å². The van der Waals surface area contributed by atoms with Crippen LogP contribution >= 0.6 is 0 Å². The lowest BCUT2D eigenvalue weighted by atomic mass is 10.0. The highest BCUT2D eigenvalue weighted by Gasteiger charge is 2.39. The van der Waals surface area contributed by atoms with Gasteiger partial charge in [-0.2, -0.15) is 0 Å². The third-order valence-electron chi connectivity index (χ3n) is 4.12. The number of carbonyl (C=O) groups is 4. The molecule has 0 radical (unpaired) electrons. The Morgan fingerprint density at radius 1 is 1.15 bits per heavy atom. The van der Waals surface area contributed by atoms with Crippen LogP contribution in [0.2, 0.25) is 0 Å². The summed E-state index contributed by atoms with van der Waals surface area (Å²) in [7, 11) is 0. The molecule has 1 heterocycles. The molecule has 0 aliphatic carbocycles. The van der Waals surface area contributed by atoms with Gasteiger partial charge in [-0.15, -0.1) is 0 Å². The van der Waals surface area contributed by atoms with E-state index in [4.69, 9.17) is 0 Å². The van der Waals surface area contributed by atoms with Crippen LogP contribution in [0.3, 0.4) is 0 Å². The van der Waals surface area contributed by atoms with Gasteiger partial charge in [-0.1, -0.05) is 12.1 Å². The van der Waals surface area contributed by atoms with Crippen molar-refractivity contribution in [3.63, 3.8) is 0 Å². The fraction of sp³-hybridized carbons (Fsp3) is 0.158. The van der Waals surface area contributed by atoms with Gasteiger partial charge in [0.05, 0.1) is 5.69 Å². The van der Waals surface area contributed by atoms with Crippen LogP contribution in [0, 0.1) is 11.7 Å². The molecular weight excluding hydrogens is 353 g/mol. The molecule has 1 fully saturated rings. The maximum Gasteiger partial charge on any atom is 0.328 e. The van der Waals surface area contributed by atoms with E-state index in [0.717, 1.165) is 17.0 Å². The number of amides is 4. The number of urea groups is 1. The Bertz CT molecular complexity index is 927. The van der Waals surface area contributed by atoms with Crippen molar-refractivity contribution in [2.24, 2.45) is 5.92 Å². The predicted molar refractivity (Wildman–Crippen MR) is 95.9 cm³/mol. The van der Waals surface area contributed by atoms with Gasteiger partial charge < -0.3 is 10.6 Å². The highest BCUT2D eigenvalue weighted by molar-refractivity contribution is 6.23. The number of ketones is 1. The van der Waals surface area contributed by atoms with Gasteiger partial charge in [-0.25, -0.2) is 14.1 Å². The molecule has 2 N–H and O–H groups in total. The number of rotatable bonds is 4. The Morgan fingerprint density at radius 2 is 1.85 bits per heavy atom. The lowest BCUT2D eigenvalue weighted by Gasteiger charge is -2.30. The lowest BCUT2D eigenvalue weighted by Crippen LogP contribution is -2.58. The number of carbonyl (C=O) groups excluding carboxylic acids is 4. The van der Waals surface area contributed by atoms with Gasteiger partial charge in [0.25, 0.3) is 0 Å². The first-order valence-electron chi connectivity index (χ1n) is 8.16. The summed E-state index contributed by atoms with van der Waals surface area (Å²) in [6.07, 6.45) is 0. The molecular formula is C19H16FN3O4. The highest BCUT2D eigenvalue weighted by Crippen LogP contribution is 2.21. The number of benzene rings is 2. The number of anilines is 2. The van der Waals surface area contributed by atoms with Gasteiger partial charge in [0.15, 0.2) is 5.78 Å². The van der Waals surface area contributed by atoms with Crippen molar-refractivity contribution >= 4 is 35.0 Å². The topological polar surface area (TPSA) is 95.6 Å². The molecule has 1 saturated heterocycles. The minimum atomic E-state index is -1.16. The molecule has 0 bridgehead atoms. The summed E-state index contributed by atoms with van der Waals surface area (Å²) in [5.41, 5.74) is 0.949. The molecule has 2 aromatic carbocycles. The smallest absolute Gasteiger partial charge is 0.328 e. The Kier molecular flexibility index (Phi) is 4.98. The van der Waals surface area contributed by atoms with Gasteiger partial charge in [0.1, 0.15) is 11.7 Å². The largest absolute Gasteiger partial charge is 0.336 e. The van der Waals surface area contributed by atoms with E-state index < -0.39 is 29.6 Å². The normalized spacial score (nSPS) is 16.7. The van der Waals surface area contributed by atoms with E-state index >= 15 is 0 Å². The molecule has 1 unspecified atom stereocenters. The number of Topliss-reactive ketones (excluding diaryl/α,β-unsaturated/α-hetero) is 1. The van der Waals surface area contributed by atoms with Crippen molar-refractivity contribution in [1.29, 1.82) is 0 Å². The maximum absolute atomic E-state index is 13.1. The van der Waals surface area contributed by atoms with E-state index in [1.165, 1.54) is 25.1 Å². The van der Waals surface area contributed by atoms with Gasteiger partial charge in [-0.3, -0.25) is 14.4 Å². The molecule has 1 atom stereocenters. The average molecular weight is 369 g/mol. The molecule has 8 heteroatoms. The third-order valence-corrected chi connectivity index (χ3v) is 4.12. The molecule has 2 aromatic rings. The molecule has 1 aliphatic rings. The zero-order valence-electron chi connectivity index (χ0n) is 14.4. The highest BCUT2D eigenvalue weighted by atomic mass is 19.1. The molecule has 138 valence electrons. The van der Waals surface area contributed by atoms with E-state index in [-0.39, 0.29) is 18.0 Å². The van der Waals surface area contributed by atoms with E-state index in [9.17, 15) is 23.6 Å². The van der Waals surface area contributed by atoms with Gasteiger partial charge >= 0.3 is 6.03 Å². The molecule has 0 aromatic heterocycles. The number of hydrogen-bond donors (Lipinski definition) is 2. The van der Waals surface area contributed by atoms with Crippen LogP contribution in [0.1, 0.15) is 17.3 Å². The fourth-order valence-corrected chi connectivity index (χ4v) is 2.70. The predicted octanol–water partition coefficient (Wildman–Crippen LogP) is 2.34. The van der Waals surface area contributed by atoms with Crippen LogP contribution in [0.15, 0.2) is 48.5 Å². The van der Waals surface area contributed by atoms with E-state index in [0.29, 0.717) is 11.3 Å². The number of hydrogen-bond acceptors (Lipinski definition) is 4. The van der Waals surface area contributed by atoms with Crippen LogP contribution < -0.4 is 15.5 Å². The summed E-state index contributed by atoms with van der Waals surface area (Å²) < 4.78 is 13.1. The van der Waals surface area contributed by atoms with Crippen molar-refractivity contribution < 1.29 is 23.6 Å². The van der Waals surface area contributed by atoms with E-state index in [1.54, 1.807) is 18.2 Å². The average Bonchev–Trinajstić information content (AvgIpc) is 2.63. The monoisotopic (exact) mass is 369 g/mol. The summed E-state index contributed by atoms with van der Waals surface area (Å²) in [4.78, 5) is 49.5. The molecule has 0 spiro atoms. The quantitative estimate of drug-likeness (QED) is 0.639. The second-order valence-corrected chi connectivity index (χ2v) is 6.01. The van der Waals surface area contributed by atoms with Crippen LogP contribution in [-0.2, 0) is 9.59 Å². The standard InChI is InChI=1S/C19H16FN3O4/c1-11(24)12-3-2-4-14(9-12)22-17(25)16-10-21-19(27)23(18(16)26)15-7-5-13(20)6-8-15/h2-9,16H,10H2,1H3,(H,21,27)(H,22,25). The Labute approximate surface area is 154 Å². The Hall–Kier alpha value is -3.55. The molecule has 27 heavy (non-hydrogen) atoms. The van der Waals surface area contributed by atoms with E-state index in [1.807, 2.05) is 0 Å². The minimum absolute atomic E-state index is 0.158. The molecule has 3 rings (SSSR count). The lowest BCUT2D eigenvalue weighted by molar-refractivity contribution is -0.130. The molecule has 4 amide bonds. The van der Waals surface area contributed by atoms with Gasteiger partial charge in [-0.05, 0) is 43.3 Å². The number of halogens is 1. The minimum Gasteiger partial charge on any atom is -0.336 e. The van der Waals surface area contributed by atoms with Gasteiger partial charge in [0, 0.05) is 17.8 Å². The van der Waals surface area contributed by atoms with Gasteiger partial charge in [0.2, 0.25) is 11.8 Å². The zero-order chi connectivity index (χ0) is 19.6. The second-order valence-electron chi connectivity index (χ2n) is 6.01. The Morgan fingerprint density at radius 3 is 2.52 bits per heavy atom. The summed E-state index contributed by atoms with van der Waals surface area (Å²) in [6, 6.07) is 10.4. The van der Waals surface area contributed by atoms with Crippen LogP contribution in [0.25, 0.3) is 0 Å². The Balaban J connectivity index is 1.80. The first-order valence-corrected chi connectivity index (χ1v) is 8.16. The fourth-order valence-electron chi connectivity index (χ4n) is 2.70.